The highest BCUT2D eigenvalue weighted by molar-refractivity contribution is 5.97. The van der Waals surface area contributed by atoms with Gasteiger partial charge in [-0.2, -0.15) is 0 Å². The highest BCUT2D eigenvalue weighted by Gasteiger charge is 2.41. The number of fused-ring (bicyclic) bond motifs is 1. The molecule has 1 aliphatic heterocycles. The summed E-state index contributed by atoms with van der Waals surface area (Å²) in [5.41, 5.74) is 2.66. The summed E-state index contributed by atoms with van der Waals surface area (Å²) in [5.74, 6) is 0.481. The van der Waals surface area contributed by atoms with E-state index in [4.69, 9.17) is 4.74 Å². The Bertz CT molecular complexity index is 905. The van der Waals surface area contributed by atoms with Crippen LogP contribution in [0.2, 0.25) is 0 Å². The first-order valence-electron chi connectivity index (χ1n) is 10.3. The number of nitrogens with one attached hydrogen (secondary N) is 1. The SMILES string of the molecule is CCOC1=NCc2cc(CC(=O)N[C@@H](c3ccccc3)C3(O)CCCC3)ncc21. The van der Waals surface area contributed by atoms with Gasteiger partial charge in [-0.3, -0.25) is 9.78 Å². The molecule has 0 bridgehead atoms. The average Bonchev–Trinajstić information content (AvgIpc) is 3.34. The van der Waals surface area contributed by atoms with Crippen LogP contribution in [0.5, 0.6) is 0 Å². The topological polar surface area (TPSA) is 83.8 Å². The van der Waals surface area contributed by atoms with E-state index in [0.717, 1.165) is 29.5 Å². The highest BCUT2D eigenvalue weighted by Crippen LogP contribution is 2.39. The maximum absolute atomic E-state index is 12.8. The number of aliphatic hydroxyl groups is 1. The minimum absolute atomic E-state index is 0.143. The molecule has 2 aliphatic rings. The molecule has 0 unspecified atom stereocenters. The second-order valence-corrected chi connectivity index (χ2v) is 7.79. The van der Waals surface area contributed by atoms with Gasteiger partial charge in [0, 0.05) is 6.20 Å². The number of carbonyl (C=O) groups excluding carboxylic acids is 1. The summed E-state index contributed by atoms with van der Waals surface area (Å²) in [6.45, 7) is 3.04. The minimum atomic E-state index is -0.900. The van der Waals surface area contributed by atoms with Crippen molar-refractivity contribution in [3.05, 3.63) is 65.0 Å². The fraction of sp³-hybridized carbons (Fsp3) is 0.435. The van der Waals surface area contributed by atoms with Gasteiger partial charge in [0.05, 0.1) is 42.5 Å². The van der Waals surface area contributed by atoms with E-state index in [2.05, 4.69) is 15.3 Å². The quantitative estimate of drug-likeness (QED) is 0.790. The van der Waals surface area contributed by atoms with Crippen LogP contribution in [-0.4, -0.2) is 34.1 Å². The molecule has 1 aliphatic carbocycles. The molecule has 6 nitrogen and oxygen atoms in total. The second-order valence-electron chi connectivity index (χ2n) is 7.79. The van der Waals surface area contributed by atoms with Crippen LogP contribution in [0.4, 0.5) is 0 Å². The van der Waals surface area contributed by atoms with E-state index >= 15 is 0 Å². The van der Waals surface area contributed by atoms with Crippen LogP contribution in [0, 0.1) is 0 Å². The van der Waals surface area contributed by atoms with Gasteiger partial charge >= 0.3 is 0 Å². The van der Waals surface area contributed by atoms with Gasteiger partial charge in [0.25, 0.3) is 0 Å². The van der Waals surface area contributed by atoms with E-state index in [1.165, 1.54) is 0 Å². The number of aromatic nitrogens is 1. The maximum Gasteiger partial charge on any atom is 0.226 e. The Morgan fingerprint density at radius 2 is 2.03 bits per heavy atom. The van der Waals surface area contributed by atoms with Gasteiger partial charge in [0.1, 0.15) is 0 Å². The Hall–Kier alpha value is -2.73. The number of benzene rings is 1. The fourth-order valence-electron chi connectivity index (χ4n) is 4.29. The van der Waals surface area contributed by atoms with Crippen molar-refractivity contribution < 1.29 is 14.6 Å². The van der Waals surface area contributed by atoms with Crippen molar-refractivity contribution in [1.29, 1.82) is 0 Å². The molecule has 1 amide bonds. The van der Waals surface area contributed by atoms with Gasteiger partial charge in [0.2, 0.25) is 11.8 Å². The van der Waals surface area contributed by atoms with Crippen molar-refractivity contribution in [3.63, 3.8) is 0 Å². The van der Waals surface area contributed by atoms with Crippen LogP contribution < -0.4 is 5.32 Å². The van der Waals surface area contributed by atoms with E-state index in [0.29, 0.717) is 37.6 Å². The van der Waals surface area contributed by atoms with Gasteiger partial charge in [0.15, 0.2) is 0 Å². The van der Waals surface area contributed by atoms with Crippen molar-refractivity contribution in [1.82, 2.24) is 10.3 Å². The minimum Gasteiger partial charge on any atom is -0.478 e. The number of aliphatic imine (C=N–C) groups is 1. The molecule has 152 valence electrons. The molecule has 1 atom stereocenters. The maximum atomic E-state index is 12.8. The van der Waals surface area contributed by atoms with Crippen LogP contribution in [0.3, 0.4) is 0 Å². The van der Waals surface area contributed by atoms with Crippen molar-refractivity contribution >= 4 is 11.8 Å². The summed E-state index contributed by atoms with van der Waals surface area (Å²) in [5, 5.41) is 14.2. The zero-order chi connectivity index (χ0) is 20.3. The van der Waals surface area contributed by atoms with Crippen LogP contribution >= 0.6 is 0 Å². The lowest BCUT2D eigenvalue weighted by Gasteiger charge is -2.33. The second kappa shape index (κ2) is 8.33. The van der Waals surface area contributed by atoms with Crippen LogP contribution in [-0.2, 0) is 22.5 Å². The Labute approximate surface area is 171 Å². The van der Waals surface area contributed by atoms with Crippen LogP contribution in [0.25, 0.3) is 0 Å². The Morgan fingerprint density at radius 3 is 2.76 bits per heavy atom. The van der Waals surface area contributed by atoms with Crippen molar-refractivity contribution in [3.8, 4) is 0 Å². The van der Waals surface area contributed by atoms with E-state index < -0.39 is 11.6 Å². The number of nitrogens with zero attached hydrogens (tertiary/aromatic N) is 2. The van der Waals surface area contributed by atoms with Gasteiger partial charge in [-0.15, -0.1) is 0 Å². The number of hydrogen-bond acceptors (Lipinski definition) is 5. The zero-order valence-corrected chi connectivity index (χ0v) is 16.7. The van der Waals surface area contributed by atoms with Gasteiger partial charge < -0.3 is 15.2 Å². The number of hydrogen-bond donors (Lipinski definition) is 2. The summed E-state index contributed by atoms with van der Waals surface area (Å²) < 4.78 is 5.52. The van der Waals surface area contributed by atoms with Crippen molar-refractivity contribution in [2.45, 2.75) is 57.2 Å². The molecule has 0 radical (unpaired) electrons. The fourth-order valence-corrected chi connectivity index (χ4v) is 4.29. The first-order valence-corrected chi connectivity index (χ1v) is 10.3. The predicted octanol–water partition coefficient (Wildman–Crippen LogP) is 3.08. The largest absolute Gasteiger partial charge is 0.478 e. The molecular weight excluding hydrogens is 366 g/mol. The van der Waals surface area contributed by atoms with Gasteiger partial charge in [-0.1, -0.05) is 43.2 Å². The van der Waals surface area contributed by atoms with Crippen LogP contribution in [0.15, 0.2) is 47.6 Å². The monoisotopic (exact) mass is 393 g/mol. The summed E-state index contributed by atoms with van der Waals surface area (Å²) in [6.07, 6.45) is 5.24. The van der Waals surface area contributed by atoms with E-state index in [1.54, 1.807) is 6.20 Å². The number of amides is 1. The third-order valence-corrected chi connectivity index (χ3v) is 5.74. The number of carbonyl (C=O) groups is 1. The molecule has 2 heterocycles. The molecule has 1 fully saturated rings. The standard InChI is InChI=1S/C23H27N3O3/c1-2-29-22-19-15-24-18(12-17(19)14-25-22)13-20(27)26-21(16-8-4-3-5-9-16)23(28)10-6-7-11-23/h3-5,8-9,12,15,21,28H,2,6-7,10-11,13-14H2,1H3,(H,26,27)/t21-/m0/s1. The summed E-state index contributed by atoms with van der Waals surface area (Å²) >= 11 is 0. The third kappa shape index (κ3) is 4.17. The van der Waals surface area contributed by atoms with Crippen molar-refractivity contribution in [2.24, 2.45) is 4.99 Å². The summed E-state index contributed by atoms with van der Waals surface area (Å²) in [4.78, 5) is 21.7. The predicted molar refractivity (Wildman–Crippen MR) is 111 cm³/mol. The first-order chi connectivity index (χ1) is 14.1. The summed E-state index contributed by atoms with van der Waals surface area (Å²) in [6, 6.07) is 11.2. The number of ether oxygens (including phenoxy) is 1. The third-order valence-electron chi connectivity index (χ3n) is 5.74. The number of pyridine rings is 1. The van der Waals surface area contributed by atoms with E-state index in [-0.39, 0.29) is 12.3 Å². The van der Waals surface area contributed by atoms with Gasteiger partial charge in [-0.25, -0.2) is 4.99 Å². The lowest BCUT2D eigenvalue weighted by Crippen LogP contribution is -2.45. The Balaban J connectivity index is 1.48. The lowest BCUT2D eigenvalue weighted by molar-refractivity contribution is -0.123. The van der Waals surface area contributed by atoms with Gasteiger partial charge in [-0.05, 0) is 37.0 Å². The van der Waals surface area contributed by atoms with Crippen LogP contribution in [0.1, 0.15) is 61.0 Å². The Kier molecular flexibility index (Phi) is 5.62. The normalized spacial score (nSPS) is 18.1. The highest BCUT2D eigenvalue weighted by atomic mass is 16.5. The molecule has 6 heteroatoms. The molecule has 1 saturated carbocycles. The summed E-state index contributed by atoms with van der Waals surface area (Å²) in [7, 11) is 0. The molecule has 1 aromatic heterocycles. The van der Waals surface area contributed by atoms with E-state index in [1.807, 2.05) is 43.3 Å². The number of rotatable bonds is 6. The Morgan fingerprint density at radius 1 is 1.28 bits per heavy atom. The average molecular weight is 393 g/mol. The molecule has 2 aromatic rings. The lowest BCUT2D eigenvalue weighted by atomic mass is 9.87. The molecule has 29 heavy (non-hydrogen) atoms. The molecule has 2 N–H and O–H groups in total. The van der Waals surface area contributed by atoms with Crippen molar-refractivity contribution in [2.75, 3.05) is 6.61 Å². The first kappa shape index (κ1) is 19.6. The van der Waals surface area contributed by atoms with E-state index in [9.17, 15) is 9.90 Å². The molecule has 0 saturated heterocycles. The molecule has 0 spiro atoms. The molecule has 1 aromatic carbocycles. The molecule has 4 rings (SSSR count). The smallest absolute Gasteiger partial charge is 0.226 e. The molecular formula is C23H27N3O3. The zero-order valence-electron chi connectivity index (χ0n) is 16.7.